The van der Waals surface area contributed by atoms with Crippen molar-refractivity contribution in [3.8, 4) is 5.75 Å². The minimum absolute atomic E-state index is 0.204. The minimum Gasteiger partial charge on any atom is -0.508 e. The molecule has 0 saturated heterocycles. The average Bonchev–Trinajstić information content (AvgIpc) is 2.32. The van der Waals surface area contributed by atoms with Crippen molar-refractivity contribution in [2.45, 2.75) is 13.5 Å². The van der Waals surface area contributed by atoms with Gasteiger partial charge in [-0.15, -0.1) is 0 Å². The monoisotopic (exact) mass is 249 g/mol. The van der Waals surface area contributed by atoms with Crippen LogP contribution in [0.3, 0.4) is 0 Å². The van der Waals surface area contributed by atoms with E-state index in [1.54, 1.807) is 18.3 Å². The van der Waals surface area contributed by atoms with Gasteiger partial charge in [0.25, 0.3) is 0 Å². The number of halogens is 1. The molecule has 2 aromatic rings. The number of benzene rings is 1. The zero-order valence-corrected chi connectivity index (χ0v) is 10.1. The molecule has 2 rings (SSSR count). The summed E-state index contributed by atoms with van der Waals surface area (Å²) in [5.74, 6) is 0.936. The number of phenols is 1. The first-order chi connectivity index (χ1) is 8.16. The quantitative estimate of drug-likeness (QED) is 0.822. The maximum atomic E-state index is 9.61. The van der Waals surface area contributed by atoms with E-state index in [9.17, 15) is 5.11 Å². The number of anilines is 1. The molecule has 0 bridgehead atoms. The van der Waals surface area contributed by atoms with Crippen molar-refractivity contribution in [2.75, 3.05) is 5.32 Å². The summed E-state index contributed by atoms with van der Waals surface area (Å²) in [6, 6.07) is 7.15. The fourth-order valence-corrected chi connectivity index (χ4v) is 1.57. The van der Waals surface area contributed by atoms with Crippen molar-refractivity contribution in [3.05, 3.63) is 46.9 Å². The van der Waals surface area contributed by atoms with Crippen molar-refractivity contribution in [1.29, 1.82) is 0 Å². The van der Waals surface area contributed by atoms with E-state index in [0.717, 1.165) is 11.1 Å². The predicted octanol–water partition coefficient (Wildman–Crippen LogP) is 2.76. The number of para-hydroxylation sites is 1. The number of hydrogen-bond donors (Lipinski definition) is 2. The third-order valence-electron chi connectivity index (χ3n) is 2.38. The summed E-state index contributed by atoms with van der Waals surface area (Å²) < 4.78 is 0. The molecular weight excluding hydrogens is 238 g/mol. The van der Waals surface area contributed by atoms with E-state index in [-0.39, 0.29) is 11.0 Å². The number of nitrogens with one attached hydrogen (secondary N) is 1. The smallest absolute Gasteiger partial charge is 0.224 e. The Morgan fingerprint density at radius 3 is 2.88 bits per heavy atom. The van der Waals surface area contributed by atoms with E-state index >= 15 is 0 Å². The first kappa shape index (κ1) is 11.7. The Hall–Kier alpha value is -1.81. The first-order valence-corrected chi connectivity index (χ1v) is 5.54. The van der Waals surface area contributed by atoms with Gasteiger partial charge >= 0.3 is 0 Å². The lowest BCUT2D eigenvalue weighted by molar-refractivity contribution is 0.469. The number of nitrogens with zero attached hydrogens (tertiary/aromatic N) is 2. The Morgan fingerprint density at radius 1 is 1.35 bits per heavy atom. The van der Waals surface area contributed by atoms with Crippen LogP contribution in [-0.2, 0) is 6.54 Å². The summed E-state index contributed by atoms with van der Waals surface area (Å²) in [5, 5.41) is 12.9. The van der Waals surface area contributed by atoms with Crippen LogP contribution in [0.25, 0.3) is 0 Å². The Labute approximate surface area is 104 Å². The zero-order valence-electron chi connectivity index (χ0n) is 9.31. The maximum Gasteiger partial charge on any atom is 0.224 e. The Balaban J connectivity index is 2.12. The lowest BCUT2D eigenvalue weighted by atomic mass is 10.2. The van der Waals surface area contributed by atoms with Gasteiger partial charge in [0.15, 0.2) is 0 Å². The van der Waals surface area contributed by atoms with Crippen molar-refractivity contribution in [2.24, 2.45) is 0 Å². The topological polar surface area (TPSA) is 58.0 Å². The molecule has 0 radical (unpaired) electrons. The molecule has 88 valence electrons. The van der Waals surface area contributed by atoms with Crippen LogP contribution in [0, 0.1) is 6.92 Å². The number of aromatic nitrogens is 2. The second-order valence-electron chi connectivity index (χ2n) is 3.65. The third kappa shape index (κ3) is 2.85. The second-order valence-corrected chi connectivity index (χ2v) is 3.99. The second kappa shape index (κ2) is 5.01. The number of aryl methyl sites for hydroxylation is 1. The molecule has 2 N–H and O–H groups in total. The highest BCUT2D eigenvalue weighted by atomic mass is 35.5. The molecule has 0 spiro atoms. The van der Waals surface area contributed by atoms with E-state index in [4.69, 9.17) is 11.6 Å². The van der Waals surface area contributed by atoms with Crippen LogP contribution in [0.4, 0.5) is 5.82 Å². The molecule has 0 atom stereocenters. The standard InChI is InChI=1S/C12H12ClN3O/c1-8-6-15-12(13)16-11(8)14-7-9-4-2-3-5-10(9)17/h2-6,17H,7H2,1H3,(H,14,15,16). The molecule has 4 nitrogen and oxygen atoms in total. The molecule has 0 aliphatic carbocycles. The van der Waals surface area contributed by atoms with Crippen molar-refractivity contribution in [3.63, 3.8) is 0 Å². The van der Waals surface area contributed by atoms with Gasteiger partial charge in [0, 0.05) is 23.9 Å². The van der Waals surface area contributed by atoms with Crippen molar-refractivity contribution in [1.82, 2.24) is 9.97 Å². The van der Waals surface area contributed by atoms with Gasteiger partial charge in [-0.05, 0) is 24.6 Å². The van der Waals surface area contributed by atoms with E-state index in [0.29, 0.717) is 12.4 Å². The molecule has 0 unspecified atom stereocenters. The Bertz CT molecular complexity index is 531. The van der Waals surface area contributed by atoms with Crippen LogP contribution in [0.1, 0.15) is 11.1 Å². The number of hydrogen-bond acceptors (Lipinski definition) is 4. The van der Waals surface area contributed by atoms with Crippen molar-refractivity contribution >= 4 is 17.4 Å². The molecule has 0 fully saturated rings. The largest absolute Gasteiger partial charge is 0.508 e. The van der Waals surface area contributed by atoms with Gasteiger partial charge in [-0.3, -0.25) is 0 Å². The van der Waals surface area contributed by atoms with Crippen LogP contribution in [-0.4, -0.2) is 15.1 Å². The average molecular weight is 250 g/mol. The van der Waals surface area contributed by atoms with Crippen LogP contribution >= 0.6 is 11.6 Å². The van der Waals surface area contributed by atoms with Crippen LogP contribution in [0.2, 0.25) is 5.28 Å². The molecule has 1 heterocycles. The molecule has 0 aliphatic rings. The van der Waals surface area contributed by atoms with E-state index in [1.807, 2.05) is 19.1 Å². The summed E-state index contributed by atoms with van der Waals surface area (Å²) in [6.07, 6.45) is 1.66. The van der Waals surface area contributed by atoms with Gasteiger partial charge in [-0.2, -0.15) is 0 Å². The van der Waals surface area contributed by atoms with Gasteiger partial charge in [0.1, 0.15) is 11.6 Å². The third-order valence-corrected chi connectivity index (χ3v) is 2.56. The Morgan fingerprint density at radius 2 is 2.12 bits per heavy atom. The highest BCUT2D eigenvalue weighted by molar-refractivity contribution is 6.28. The summed E-state index contributed by atoms with van der Waals surface area (Å²) in [6.45, 7) is 2.38. The van der Waals surface area contributed by atoms with Crippen LogP contribution < -0.4 is 5.32 Å². The molecular formula is C12H12ClN3O. The number of rotatable bonds is 3. The molecule has 5 heteroatoms. The lowest BCUT2D eigenvalue weighted by Crippen LogP contribution is -2.04. The summed E-state index contributed by atoms with van der Waals surface area (Å²) >= 11 is 5.72. The lowest BCUT2D eigenvalue weighted by Gasteiger charge is -2.09. The van der Waals surface area contributed by atoms with Gasteiger partial charge in [-0.1, -0.05) is 18.2 Å². The van der Waals surface area contributed by atoms with Gasteiger partial charge < -0.3 is 10.4 Å². The summed E-state index contributed by atoms with van der Waals surface area (Å²) in [5.41, 5.74) is 1.71. The van der Waals surface area contributed by atoms with E-state index in [1.165, 1.54) is 0 Å². The summed E-state index contributed by atoms with van der Waals surface area (Å²) in [7, 11) is 0. The first-order valence-electron chi connectivity index (χ1n) is 5.16. The molecule has 1 aromatic heterocycles. The van der Waals surface area contributed by atoms with E-state index < -0.39 is 0 Å². The zero-order chi connectivity index (χ0) is 12.3. The van der Waals surface area contributed by atoms with E-state index in [2.05, 4.69) is 15.3 Å². The number of aromatic hydroxyl groups is 1. The Kier molecular flexibility index (Phi) is 3.44. The highest BCUT2D eigenvalue weighted by Gasteiger charge is 2.04. The van der Waals surface area contributed by atoms with Crippen LogP contribution in [0.15, 0.2) is 30.5 Å². The number of phenolic OH excluding ortho intramolecular Hbond substituents is 1. The minimum atomic E-state index is 0.204. The molecule has 0 amide bonds. The molecule has 0 aliphatic heterocycles. The fraction of sp³-hybridized carbons (Fsp3) is 0.167. The molecule has 17 heavy (non-hydrogen) atoms. The van der Waals surface area contributed by atoms with Gasteiger partial charge in [0.05, 0.1) is 0 Å². The molecule has 1 aromatic carbocycles. The fourth-order valence-electron chi connectivity index (χ4n) is 1.44. The van der Waals surface area contributed by atoms with Gasteiger partial charge in [0.2, 0.25) is 5.28 Å². The maximum absolute atomic E-state index is 9.61. The SMILES string of the molecule is Cc1cnc(Cl)nc1NCc1ccccc1O. The van der Waals surface area contributed by atoms with Crippen molar-refractivity contribution < 1.29 is 5.11 Å². The highest BCUT2D eigenvalue weighted by Crippen LogP contribution is 2.18. The predicted molar refractivity (Wildman–Crippen MR) is 67.2 cm³/mol. The normalized spacial score (nSPS) is 10.2. The summed E-state index contributed by atoms with van der Waals surface area (Å²) in [4.78, 5) is 7.96. The van der Waals surface area contributed by atoms with Crippen LogP contribution in [0.5, 0.6) is 5.75 Å². The van der Waals surface area contributed by atoms with Gasteiger partial charge in [-0.25, -0.2) is 9.97 Å². The molecule has 0 saturated carbocycles.